The molecule has 30 heavy (non-hydrogen) atoms. The lowest BCUT2D eigenvalue weighted by atomic mass is 10.2. The molecule has 2 heterocycles. The molecule has 0 unspecified atom stereocenters. The number of nitrogens with zero attached hydrogens (tertiary/aromatic N) is 4. The summed E-state index contributed by atoms with van der Waals surface area (Å²) in [4.78, 5) is 8.57. The van der Waals surface area contributed by atoms with Crippen LogP contribution in [0.2, 0.25) is 0 Å². The number of nitrogen functional groups attached to an aromatic ring is 1. The normalized spacial score (nSPS) is 10.8. The van der Waals surface area contributed by atoms with Crippen LogP contribution in [0.25, 0.3) is 11.3 Å². The average Bonchev–Trinajstić information content (AvgIpc) is 3.21. The van der Waals surface area contributed by atoms with Gasteiger partial charge in [0.25, 0.3) is 0 Å². The topological polar surface area (TPSA) is 88.1 Å². The number of ether oxygens (including phenoxy) is 2. The quantitative estimate of drug-likeness (QED) is 0.483. The minimum atomic E-state index is -0.487. The van der Waals surface area contributed by atoms with Crippen LogP contribution >= 0.6 is 0 Å². The second-order valence-electron chi connectivity index (χ2n) is 6.74. The second-order valence-corrected chi connectivity index (χ2v) is 6.74. The smallest absolute Gasteiger partial charge is 0.322 e. The number of rotatable bonds is 6. The van der Waals surface area contributed by atoms with Crippen molar-refractivity contribution in [3.8, 4) is 28.8 Å². The molecule has 0 aliphatic heterocycles. The molecule has 2 N–H and O–H groups in total. The molecular formula is C22H20FN5O2. The molecule has 0 amide bonds. The van der Waals surface area contributed by atoms with E-state index in [4.69, 9.17) is 15.2 Å². The summed E-state index contributed by atoms with van der Waals surface area (Å²) in [6.07, 6.45) is 5.23. The van der Waals surface area contributed by atoms with Crippen molar-refractivity contribution in [2.24, 2.45) is 0 Å². The van der Waals surface area contributed by atoms with Crippen LogP contribution in [-0.2, 0) is 6.54 Å². The molecule has 0 aliphatic carbocycles. The molecule has 152 valence electrons. The van der Waals surface area contributed by atoms with E-state index in [0.717, 1.165) is 16.9 Å². The number of hydrogen-bond donors (Lipinski definition) is 1. The molecule has 0 fully saturated rings. The fourth-order valence-corrected chi connectivity index (χ4v) is 2.93. The van der Waals surface area contributed by atoms with Gasteiger partial charge in [-0.1, -0.05) is 12.1 Å². The molecule has 0 aliphatic rings. The fourth-order valence-electron chi connectivity index (χ4n) is 2.93. The molecule has 0 spiro atoms. The molecule has 0 saturated heterocycles. The predicted molar refractivity (Wildman–Crippen MR) is 111 cm³/mol. The van der Waals surface area contributed by atoms with Gasteiger partial charge in [-0.25, -0.2) is 9.37 Å². The summed E-state index contributed by atoms with van der Waals surface area (Å²) in [6.45, 7) is 2.34. The molecule has 2 aromatic heterocycles. The van der Waals surface area contributed by atoms with Gasteiger partial charge < -0.3 is 15.2 Å². The predicted octanol–water partition coefficient (Wildman–Crippen LogP) is 4.22. The van der Waals surface area contributed by atoms with E-state index in [0.29, 0.717) is 23.6 Å². The number of nitrogens with two attached hydrogens (primary N) is 1. The molecule has 0 radical (unpaired) electrons. The van der Waals surface area contributed by atoms with E-state index in [1.54, 1.807) is 32.5 Å². The minimum absolute atomic E-state index is 0.00608. The Bertz CT molecular complexity index is 1170. The SMILES string of the molecule is COc1ccc(Cn2cc(-c3ccnc(Oc4cc(N)c(F)cc4C)n3)cn2)cc1. The molecule has 7 nitrogen and oxygen atoms in total. The number of benzene rings is 2. The molecule has 4 aromatic rings. The van der Waals surface area contributed by atoms with Gasteiger partial charge >= 0.3 is 6.01 Å². The third kappa shape index (κ3) is 4.22. The Morgan fingerprint density at radius 1 is 1.13 bits per heavy atom. The van der Waals surface area contributed by atoms with Gasteiger partial charge in [-0.05, 0) is 42.3 Å². The maximum atomic E-state index is 13.6. The van der Waals surface area contributed by atoms with Crippen molar-refractivity contribution in [1.82, 2.24) is 19.7 Å². The van der Waals surface area contributed by atoms with Crippen LogP contribution in [0.4, 0.5) is 10.1 Å². The molecule has 4 rings (SSSR count). The average molecular weight is 405 g/mol. The summed E-state index contributed by atoms with van der Waals surface area (Å²) in [6, 6.07) is 12.5. The molecule has 0 bridgehead atoms. The van der Waals surface area contributed by atoms with Crippen LogP contribution in [0.15, 0.2) is 61.1 Å². The van der Waals surface area contributed by atoms with E-state index >= 15 is 0 Å². The summed E-state index contributed by atoms with van der Waals surface area (Å²) in [5.74, 6) is 0.728. The van der Waals surface area contributed by atoms with E-state index in [-0.39, 0.29) is 11.7 Å². The van der Waals surface area contributed by atoms with Crippen molar-refractivity contribution in [3.63, 3.8) is 0 Å². The summed E-state index contributed by atoms with van der Waals surface area (Å²) in [7, 11) is 1.64. The highest BCUT2D eigenvalue weighted by Crippen LogP contribution is 2.28. The first-order valence-corrected chi connectivity index (χ1v) is 9.24. The van der Waals surface area contributed by atoms with Crippen molar-refractivity contribution < 1.29 is 13.9 Å². The van der Waals surface area contributed by atoms with Crippen LogP contribution in [0.5, 0.6) is 17.5 Å². The van der Waals surface area contributed by atoms with E-state index in [2.05, 4.69) is 15.1 Å². The van der Waals surface area contributed by atoms with Gasteiger partial charge in [-0.2, -0.15) is 10.1 Å². The highest BCUT2D eigenvalue weighted by atomic mass is 19.1. The first-order valence-electron chi connectivity index (χ1n) is 9.24. The van der Waals surface area contributed by atoms with Crippen molar-refractivity contribution in [3.05, 3.63) is 78.0 Å². The van der Waals surface area contributed by atoms with E-state index in [1.807, 2.05) is 35.1 Å². The largest absolute Gasteiger partial charge is 0.497 e. The molecular weight excluding hydrogens is 385 g/mol. The summed E-state index contributed by atoms with van der Waals surface area (Å²) in [5.41, 5.74) is 8.82. The van der Waals surface area contributed by atoms with Crippen LogP contribution in [0.1, 0.15) is 11.1 Å². The number of halogens is 1. The Labute approximate surface area is 172 Å². The third-order valence-corrected chi connectivity index (χ3v) is 4.56. The maximum absolute atomic E-state index is 13.6. The zero-order valence-corrected chi connectivity index (χ0v) is 16.5. The molecule has 0 saturated carbocycles. The van der Waals surface area contributed by atoms with E-state index in [9.17, 15) is 4.39 Å². The maximum Gasteiger partial charge on any atom is 0.322 e. The number of anilines is 1. The Kier molecular flexibility index (Phi) is 5.30. The Balaban J connectivity index is 1.52. The van der Waals surface area contributed by atoms with Crippen molar-refractivity contribution in [2.45, 2.75) is 13.5 Å². The van der Waals surface area contributed by atoms with Gasteiger partial charge in [0.15, 0.2) is 0 Å². The van der Waals surface area contributed by atoms with Gasteiger partial charge in [-0.15, -0.1) is 0 Å². The van der Waals surface area contributed by atoms with Gasteiger partial charge in [0.05, 0.1) is 31.2 Å². The lowest BCUT2D eigenvalue weighted by molar-refractivity contribution is 0.414. The number of hydrogen-bond acceptors (Lipinski definition) is 6. The van der Waals surface area contributed by atoms with Gasteiger partial charge in [0.2, 0.25) is 0 Å². The zero-order chi connectivity index (χ0) is 21.1. The Morgan fingerprint density at radius 3 is 2.70 bits per heavy atom. The number of methoxy groups -OCH3 is 1. The lowest BCUT2D eigenvalue weighted by Gasteiger charge is -2.09. The zero-order valence-electron chi connectivity index (χ0n) is 16.5. The molecule has 8 heteroatoms. The minimum Gasteiger partial charge on any atom is -0.497 e. The standard InChI is InChI=1S/C22H20FN5O2/c1-14-9-18(23)19(24)10-21(14)30-22-25-8-7-20(27-22)16-11-26-28(13-16)12-15-3-5-17(29-2)6-4-15/h3-11,13H,12,24H2,1-2H3. The molecule has 0 atom stereocenters. The van der Waals surface area contributed by atoms with Crippen LogP contribution < -0.4 is 15.2 Å². The summed E-state index contributed by atoms with van der Waals surface area (Å²) < 4.78 is 26.3. The van der Waals surface area contributed by atoms with Gasteiger partial charge in [0.1, 0.15) is 17.3 Å². The van der Waals surface area contributed by atoms with E-state index < -0.39 is 5.82 Å². The van der Waals surface area contributed by atoms with Gasteiger partial charge in [0, 0.05) is 24.0 Å². The Morgan fingerprint density at radius 2 is 1.93 bits per heavy atom. The fraction of sp³-hybridized carbons (Fsp3) is 0.136. The first kappa shape index (κ1) is 19.4. The third-order valence-electron chi connectivity index (χ3n) is 4.56. The molecule has 2 aromatic carbocycles. The van der Waals surface area contributed by atoms with Crippen LogP contribution in [0.3, 0.4) is 0 Å². The van der Waals surface area contributed by atoms with Crippen LogP contribution in [-0.4, -0.2) is 26.9 Å². The van der Waals surface area contributed by atoms with Crippen LogP contribution in [0, 0.1) is 12.7 Å². The number of aromatic nitrogens is 4. The van der Waals surface area contributed by atoms with Crippen molar-refractivity contribution >= 4 is 5.69 Å². The second kappa shape index (κ2) is 8.20. The van der Waals surface area contributed by atoms with E-state index in [1.165, 1.54) is 12.1 Å². The summed E-state index contributed by atoms with van der Waals surface area (Å²) >= 11 is 0. The first-order chi connectivity index (χ1) is 14.5. The van der Waals surface area contributed by atoms with Gasteiger partial charge in [-0.3, -0.25) is 4.68 Å². The van der Waals surface area contributed by atoms with Crippen molar-refractivity contribution in [1.29, 1.82) is 0 Å². The van der Waals surface area contributed by atoms with Crippen molar-refractivity contribution in [2.75, 3.05) is 12.8 Å². The highest BCUT2D eigenvalue weighted by molar-refractivity contribution is 5.57. The summed E-state index contributed by atoms with van der Waals surface area (Å²) in [5, 5.41) is 4.41. The Hall–Kier alpha value is -3.94. The highest BCUT2D eigenvalue weighted by Gasteiger charge is 2.11. The number of aryl methyl sites for hydroxylation is 1. The lowest BCUT2D eigenvalue weighted by Crippen LogP contribution is -1.99. The monoisotopic (exact) mass is 405 g/mol.